The lowest BCUT2D eigenvalue weighted by molar-refractivity contribution is -0.137. The number of halogens is 3. The zero-order valence-corrected chi connectivity index (χ0v) is 22.2. The molecule has 1 saturated heterocycles. The van der Waals surface area contributed by atoms with Gasteiger partial charge in [-0.1, -0.05) is 6.07 Å². The van der Waals surface area contributed by atoms with Gasteiger partial charge >= 0.3 is 12.3 Å². The molecular formula is C26H37F3N4O5. The normalized spacial score (nSPS) is 24.3. The second-order valence-corrected chi connectivity index (χ2v) is 10.1. The first-order valence-electron chi connectivity index (χ1n) is 12.8. The smallest absolute Gasteiger partial charge is 0.416 e. The van der Waals surface area contributed by atoms with E-state index in [1.54, 1.807) is 4.90 Å². The van der Waals surface area contributed by atoms with E-state index in [0.717, 1.165) is 31.0 Å². The van der Waals surface area contributed by atoms with Gasteiger partial charge in [0.2, 0.25) is 5.91 Å². The topological polar surface area (TPSA) is 100 Å². The van der Waals surface area contributed by atoms with E-state index >= 15 is 0 Å². The Labute approximate surface area is 221 Å². The van der Waals surface area contributed by atoms with Crippen LogP contribution in [-0.2, 0) is 20.4 Å². The molecule has 1 aromatic carbocycles. The van der Waals surface area contributed by atoms with Gasteiger partial charge in [0.05, 0.1) is 38.5 Å². The van der Waals surface area contributed by atoms with E-state index in [4.69, 9.17) is 9.47 Å². The van der Waals surface area contributed by atoms with Gasteiger partial charge in [-0.05, 0) is 58.4 Å². The lowest BCUT2D eigenvalue weighted by Gasteiger charge is -2.48. The number of alkyl halides is 3. The van der Waals surface area contributed by atoms with Gasteiger partial charge in [-0.3, -0.25) is 9.59 Å². The van der Waals surface area contributed by atoms with Gasteiger partial charge in [-0.2, -0.15) is 13.2 Å². The second-order valence-electron chi connectivity index (χ2n) is 10.1. The van der Waals surface area contributed by atoms with E-state index < -0.39 is 36.2 Å². The van der Waals surface area contributed by atoms with Crippen molar-refractivity contribution in [2.24, 2.45) is 5.92 Å². The zero-order valence-electron chi connectivity index (χ0n) is 22.2. The summed E-state index contributed by atoms with van der Waals surface area (Å²) < 4.78 is 49.6. The van der Waals surface area contributed by atoms with Crippen LogP contribution in [0.5, 0.6) is 0 Å². The predicted octanol–water partition coefficient (Wildman–Crippen LogP) is 2.90. The fraction of sp³-hybridized carbons (Fsp3) is 0.654. The fourth-order valence-electron chi connectivity index (χ4n) is 5.26. The van der Waals surface area contributed by atoms with Crippen molar-refractivity contribution in [3.05, 3.63) is 35.4 Å². The monoisotopic (exact) mass is 542 g/mol. The number of nitrogens with zero attached hydrogens (tertiary/aromatic N) is 2. The molecule has 1 heterocycles. The van der Waals surface area contributed by atoms with E-state index in [2.05, 4.69) is 36.4 Å². The molecule has 0 bridgehead atoms. The standard InChI is InChI=1S/C26H37F3N4O5/c1-16(2)32(3)19-8-9-21(20(13-19)22-15-38-11-10-33(22)25(36)37-4)31-23(34)14-30-24(35)17-6-5-7-18(12-17)26(27,28)29/h5-7,12,16,19-22H,8-11,13-15H2,1-4H3,(H,30,35)(H,31,34)/t19-,20-,21+,22?/m1/s1. The van der Waals surface area contributed by atoms with Crippen LogP contribution < -0.4 is 10.6 Å². The minimum Gasteiger partial charge on any atom is -0.453 e. The molecule has 2 aliphatic rings. The molecule has 2 fully saturated rings. The summed E-state index contributed by atoms with van der Waals surface area (Å²) in [6.45, 7) is 4.92. The molecule has 2 N–H and O–H groups in total. The molecule has 1 aromatic rings. The molecule has 38 heavy (non-hydrogen) atoms. The Morgan fingerprint density at radius 3 is 2.63 bits per heavy atom. The van der Waals surface area contributed by atoms with Crippen molar-refractivity contribution < 1.29 is 37.0 Å². The van der Waals surface area contributed by atoms with Crippen molar-refractivity contribution >= 4 is 17.9 Å². The number of morpholine rings is 1. The van der Waals surface area contributed by atoms with Crippen molar-refractivity contribution in [3.63, 3.8) is 0 Å². The molecular weight excluding hydrogens is 505 g/mol. The summed E-state index contributed by atoms with van der Waals surface area (Å²) in [4.78, 5) is 41.7. The summed E-state index contributed by atoms with van der Waals surface area (Å²) in [6, 6.07) is 4.01. The predicted molar refractivity (Wildman–Crippen MR) is 133 cm³/mol. The first-order valence-corrected chi connectivity index (χ1v) is 12.8. The zero-order chi connectivity index (χ0) is 28.0. The highest BCUT2D eigenvalue weighted by Crippen LogP contribution is 2.34. The van der Waals surface area contributed by atoms with Crippen molar-refractivity contribution in [1.82, 2.24) is 20.4 Å². The highest BCUT2D eigenvalue weighted by molar-refractivity contribution is 5.96. The summed E-state index contributed by atoms with van der Waals surface area (Å²) in [5, 5.41) is 5.39. The average Bonchev–Trinajstić information content (AvgIpc) is 2.90. The first-order chi connectivity index (χ1) is 17.9. The van der Waals surface area contributed by atoms with E-state index in [9.17, 15) is 27.6 Å². The van der Waals surface area contributed by atoms with Crippen LogP contribution in [0.4, 0.5) is 18.0 Å². The number of hydrogen-bond donors (Lipinski definition) is 2. The highest BCUT2D eigenvalue weighted by atomic mass is 19.4. The molecule has 12 heteroatoms. The van der Waals surface area contributed by atoms with Crippen molar-refractivity contribution in [2.45, 2.75) is 63.5 Å². The van der Waals surface area contributed by atoms with Gasteiger partial charge in [-0.25, -0.2) is 4.79 Å². The molecule has 3 rings (SSSR count). The number of nitrogens with one attached hydrogen (secondary N) is 2. The van der Waals surface area contributed by atoms with Gasteiger partial charge in [0.25, 0.3) is 5.91 Å². The summed E-state index contributed by atoms with van der Waals surface area (Å²) in [7, 11) is 3.39. The van der Waals surface area contributed by atoms with Crippen molar-refractivity contribution in [2.75, 3.05) is 40.5 Å². The molecule has 1 aliphatic carbocycles. The largest absolute Gasteiger partial charge is 0.453 e. The lowest BCUT2D eigenvalue weighted by atomic mass is 9.76. The van der Waals surface area contributed by atoms with E-state index in [1.165, 1.54) is 13.2 Å². The van der Waals surface area contributed by atoms with Gasteiger partial charge in [-0.15, -0.1) is 0 Å². The maximum absolute atomic E-state index is 13.0. The average molecular weight is 543 g/mol. The van der Waals surface area contributed by atoms with Crippen LogP contribution in [-0.4, -0.2) is 92.3 Å². The Morgan fingerprint density at radius 1 is 1.24 bits per heavy atom. The third-order valence-corrected chi connectivity index (χ3v) is 7.54. The molecule has 9 nitrogen and oxygen atoms in total. The number of carbonyl (C=O) groups excluding carboxylic acids is 3. The molecule has 0 radical (unpaired) electrons. The number of ether oxygens (including phenoxy) is 2. The SMILES string of the molecule is COC(=O)N1CCOCC1[C@@H]1C[C@H](N(C)C(C)C)CC[C@@H]1NC(=O)CNC(=O)c1cccc(C(F)(F)F)c1. The Morgan fingerprint density at radius 2 is 1.97 bits per heavy atom. The van der Waals surface area contributed by atoms with Crippen LogP contribution in [0.3, 0.4) is 0 Å². The molecule has 0 aromatic heterocycles. The van der Waals surface area contributed by atoms with E-state index in [0.29, 0.717) is 32.2 Å². The highest BCUT2D eigenvalue weighted by Gasteiger charge is 2.43. The third-order valence-electron chi connectivity index (χ3n) is 7.54. The maximum atomic E-state index is 13.0. The van der Waals surface area contributed by atoms with Crippen LogP contribution in [0.15, 0.2) is 24.3 Å². The third kappa shape index (κ3) is 7.37. The number of rotatable bonds is 7. The number of benzene rings is 1. The molecule has 1 aliphatic heterocycles. The number of hydrogen-bond acceptors (Lipinski definition) is 6. The Balaban J connectivity index is 1.69. The molecule has 0 spiro atoms. The molecule has 1 saturated carbocycles. The van der Waals surface area contributed by atoms with Crippen LogP contribution in [0.25, 0.3) is 0 Å². The Kier molecular flexibility index (Phi) is 10.00. The van der Waals surface area contributed by atoms with Gasteiger partial charge in [0.15, 0.2) is 0 Å². The summed E-state index contributed by atoms with van der Waals surface area (Å²) in [5.41, 5.74) is -1.12. The first kappa shape index (κ1) is 29.7. The number of amides is 3. The maximum Gasteiger partial charge on any atom is 0.416 e. The van der Waals surface area contributed by atoms with E-state index in [1.807, 2.05) is 0 Å². The number of methoxy groups -OCH3 is 1. The minimum atomic E-state index is -4.58. The summed E-state index contributed by atoms with van der Waals surface area (Å²) in [5.74, 6) is -1.36. The van der Waals surface area contributed by atoms with Crippen LogP contribution in [0.1, 0.15) is 49.0 Å². The Hall–Kier alpha value is -2.86. The van der Waals surface area contributed by atoms with Gasteiger partial charge in [0.1, 0.15) is 0 Å². The van der Waals surface area contributed by atoms with E-state index in [-0.39, 0.29) is 29.6 Å². The van der Waals surface area contributed by atoms with Crippen LogP contribution in [0, 0.1) is 5.92 Å². The van der Waals surface area contributed by atoms with Crippen LogP contribution >= 0.6 is 0 Å². The van der Waals surface area contributed by atoms with Gasteiger partial charge in [0, 0.05) is 36.2 Å². The quantitative estimate of drug-likeness (QED) is 0.550. The summed E-state index contributed by atoms with van der Waals surface area (Å²) >= 11 is 0. The summed E-state index contributed by atoms with van der Waals surface area (Å²) in [6.07, 6.45) is -2.82. The molecule has 1 unspecified atom stereocenters. The van der Waals surface area contributed by atoms with Crippen LogP contribution in [0.2, 0.25) is 0 Å². The Bertz CT molecular complexity index is 990. The van der Waals surface area contributed by atoms with Crippen molar-refractivity contribution in [1.29, 1.82) is 0 Å². The number of carbonyl (C=O) groups is 3. The van der Waals surface area contributed by atoms with Gasteiger partial charge < -0.3 is 29.9 Å². The molecule has 4 atom stereocenters. The molecule has 212 valence electrons. The minimum absolute atomic E-state index is 0.127. The molecule has 3 amide bonds. The second kappa shape index (κ2) is 12.8. The lowest BCUT2D eigenvalue weighted by Crippen LogP contribution is -2.60. The van der Waals surface area contributed by atoms with Crippen molar-refractivity contribution in [3.8, 4) is 0 Å². The fourth-order valence-corrected chi connectivity index (χ4v) is 5.26.